The van der Waals surface area contributed by atoms with E-state index in [4.69, 9.17) is 4.74 Å². The van der Waals surface area contributed by atoms with E-state index in [9.17, 15) is 4.79 Å². The lowest BCUT2D eigenvalue weighted by Crippen LogP contribution is -2.52. The van der Waals surface area contributed by atoms with Crippen LogP contribution < -0.4 is 9.64 Å². The third-order valence-electron chi connectivity index (χ3n) is 4.75. The van der Waals surface area contributed by atoms with Crippen molar-refractivity contribution in [3.8, 4) is 5.75 Å². The number of rotatable bonds is 5. The van der Waals surface area contributed by atoms with Crippen molar-refractivity contribution in [2.75, 3.05) is 31.1 Å². The zero-order valence-corrected chi connectivity index (χ0v) is 15.8. The van der Waals surface area contributed by atoms with Crippen LogP contribution in [0.5, 0.6) is 5.75 Å². The molecule has 0 aliphatic carbocycles. The lowest BCUT2D eigenvalue weighted by Gasteiger charge is -2.36. The molecule has 0 N–H and O–H groups in total. The fourth-order valence-corrected chi connectivity index (χ4v) is 3.16. The molecule has 1 aromatic heterocycles. The van der Waals surface area contributed by atoms with Crippen molar-refractivity contribution in [1.29, 1.82) is 0 Å². The highest BCUT2D eigenvalue weighted by Gasteiger charge is 2.26. The predicted octanol–water partition coefficient (Wildman–Crippen LogP) is 3.32. The van der Waals surface area contributed by atoms with Gasteiger partial charge >= 0.3 is 0 Å². The van der Waals surface area contributed by atoms with Crippen LogP contribution in [-0.2, 0) is 4.79 Å². The predicted molar refractivity (Wildman–Crippen MR) is 104 cm³/mol. The first-order valence-corrected chi connectivity index (χ1v) is 9.26. The van der Waals surface area contributed by atoms with E-state index in [0.717, 1.165) is 24.7 Å². The molecule has 1 unspecified atom stereocenters. The molecule has 2 heterocycles. The van der Waals surface area contributed by atoms with E-state index in [1.807, 2.05) is 48.2 Å². The van der Waals surface area contributed by atoms with Crippen LogP contribution in [0.15, 0.2) is 48.7 Å². The van der Waals surface area contributed by atoms with Crippen molar-refractivity contribution >= 4 is 11.7 Å². The van der Waals surface area contributed by atoms with Gasteiger partial charge in [0.05, 0.1) is 0 Å². The fourth-order valence-electron chi connectivity index (χ4n) is 3.16. The van der Waals surface area contributed by atoms with Crippen LogP contribution in [0.25, 0.3) is 0 Å². The van der Waals surface area contributed by atoms with Crippen molar-refractivity contribution < 1.29 is 9.53 Å². The molecular formula is C21H27N3O2. The maximum absolute atomic E-state index is 12.7. The number of hydrogen-bond donors (Lipinski definition) is 0. The molecule has 1 atom stereocenters. The van der Waals surface area contributed by atoms with E-state index in [1.54, 1.807) is 6.20 Å². The molecule has 0 bridgehead atoms. The van der Waals surface area contributed by atoms with Gasteiger partial charge in [0.15, 0.2) is 6.10 Å². The molecule has 1 aliphatic heterocycles. The molecule has 1 aromatic carbocycles. The molecule has 0 radical (unpaired) electrons. The van der Waals surface area contributed by atoms with Crippen LogP contribution in [0.2, 0.25) is 0 Å². The summed E-state index contributed by atoms with van der Waals surface area (Å²) in [6, 6.07) is 13.9. The summed E-state index contributed by atoms with van der Waals surface area (Å²) < 4.78 is 5.91. The summed E-state index contributed by atoms with van der Waals surface area (Å²) in [5.74, 6) is 2.20. The number of hydrogen-bond acceptors (Lipinski definition) is 4. The van der Waals surface area contributed by atoms with E-state index in [-0.39, 0.29) is 5.91 Å². The van der Waals surface area contributed by atoms with E-state index in [0.29, 0.717) is 19.0 Å². The Labute approximate surface area is 155 Å². The van der Waals surface area contributed by atoms with Gasteiger partial charge in [-0.2, -0.15) is 0 Å². The van der Waals surface area contributed by atoms with Gasteiger partial charge in [0.2, 0.25) is 0 Å². The van der Waals surface area contributed by atoms with Crippen LogP contribution in [0.1, 0.15) is 32.3 Å². The number of anilines is 1. The summed E-state index contributed by atoms with van der Waals surface area (Å²) in [7, 11) is 0. The molecular weight excluding hydrogens is 326 g/mol. The van der Waals surface area contributed by atoms with Gasteiger partial charge in [0, 0.05) is 32.4 Å². The first-order valence-electron chi connectivity index (χ1n) is 9.26. The largest absolute Gasteiger partial charge is 0.481 e. The molecule has 5 heteroatoms. The van der Waals surface area contributed by atoms with Crippen LogP contribution in [0, 0.1) is 0 Å². The summed E-state index contributed by atoms with van der Waals surface area (Å²) in [6.07, 6.45) is 1.31. The standard InChI is InChI=1S/C21H27N3O2/c1-16(2)18-7-6-8-19(15-18)26-17(3)21(25)24-13-11-23(12-14-24)20-9-4-5-10-22-20/h4-10,15-17H,11-14H2,1-3H3. The summed E-state index contributed by atoms with van der Waals surface area (Å²) in [4.78, 5) is 21.2. The molecule has 26 heavy (non-hydrogen) atoms. The van der Waals surface area contributed by atoms with Gasteiger partial charge in [0.25, 0.3) is 5.91 Å². The lowest BCUT2D eigenvalue weighted by atomic mass is 10.0. The van der Waals surface area contributed by atoms with Crippen molar-refractivity contribution in [3.05, 3.63) is 54.2 Å². The Morgan fingerprint density at radius 2 is 1.81 bits per heavy atom. The SMILES string of the molecule is CC(Oc1cccc(C(C)C)c1)C(=O)N1CCN(c2ccccn2)CC1. The highest BCUT2D eigenvalue weighted by Crippen LogP contribution is 2.21. The zero-order chi connectivity index (χ0) is 18.5. The third kappa shape index (κ3) is 4.34. The van der Waals surface area contributed by atoms with Crippen molar-refractivity contribution in [2.45, 2.75) is 32.8 Å². The van der Waals surface area contributed by atoms with Crippen LogP contribution in [0.4, 0.5) is 5.82 Å². The maximum Gasteiger partial charge on any atom is 0.263 e. The molecule has 138 valence electrons. The first-order chi connectivity index (χ1) is 12.5. The van der Waals surface area contributed by atoms with Crippen LogP contribution in [-0.4, -0.2) is 48.1 Å². The maximum atomic E-state index is 12.7. The average Bonchev–Trinajstić information content (AvgIpc) is 2.68. The molecule has 1 aliphatic rings. The molecule has 2 aromatic rings. The number of carbonyl (C=O) groups is 1. The van der Waals surface area contributed by atoms with E-state index in [1.165, 1.54) is 5.56 Å². The van der Waals surface area contributed by atoms with Gasteiger partial charge in [-0.05, 0) is 42.7 Å². The molecule has 1 saturated heterocycles. The monoisotopic (exact) mass is 353 g/mol. The number of carbonyl (C=O) groups excluding carboxylic acids is 1. The van der Waals surface area contributed by atoms with Gasteiger partial charge in [-0.3, -0.25) is 4.79 Å². The Morgan fingerprint density at radius 3 is 2.46 bits per heavy atom. The van der Waals surface area contributed by atoms with E-state index < -0.39 is 6.10 Å². The average molecular weight is 353 g/mol. The molecule has 5 nitrogen and oxygen atoms in total. The second-order valence-electron chi connectivity index (χ2n) is 6.99. The summed E-state index contributed by atoms with van der Waals surface area (Å²) in [6.45, 7) is 9.08. The number of nitrogens with zero attached hydrogens (tertiary/aromatic N) is 3. The van der Waals surface area contributed by atoms with Crippen molar-refractivity contribution in [3.63, 3.8) is 0 Å². The van der Waals surface area contributed by atoms with Crippen LogP contribution >= 0.6 is 0 Å². The Bertz CT molecular complexity index is 725. The molecule has 0 spiro atoms. The molecule has 3 rings (SSSR count). The Morgan fingerprint density at radius 1 is 1.04 bits per heavy atom. The summed E-state index contributed by atoms with van der Waals surface area (Å²) in [5.41, 5.74) is 1.21. The smallest absolute Gasteiger partial charge is 0.263 e. The minimum Gasteiger partial charge on any atom is -0.481 e. The Kier molecular flexibility index (Phi) is 5.76. The van der Waals surface area contributed by atoms with Gasteiger partial charge in [-0.15, -0.1) is 0 Å². The van der Waals surface area contributed by atoms with Crippen molar-refractivity contribution in [1.82, 2.24) is 9.88 Å². The van der Waals surface area contributed by atoms with Gasteiger partial charge in [0.1, 0.15) is 11.6 Å². The number of amides is 1. The van der Waals surface area contributed by atoms with Crippen molar-refractivity contribution in [2.24, 2.45) is 0 Å². The molecule has 1 amide bonds. The normalized spacial score (nSPS) is 15.8. The number of benzene rings is 1. The second kappa shape index (κ2) is 8.21. The second-order valence-corrected chi connectivity index (χ2v) is 6.99. The molecule has 0 saturated carbocycles. The highest BCUT2D eigenvalue weighted by atomic mass is 16.5. The quantitative estimate of drug-likeness (QED) is 0.827. The number of piperazine rings is 1. The lowest BCUT2D eigenvalue weighted by molar-refractivity contribution is -0.138. The molecule has 1 fully saturated rings. The van der Waals surface area contributed by atoms with Gasteiger partial charge in [-0.25, -0.2) is 4.98 Å². The fraction of sp³-hybridized carbons (Fsp3) is 0.429. The highest BCUT2D eigenvalue weighted by molar-refractivity contribution is 5.81. The summed E-state index contributed by atoms with van der Waals surface area (Å²) >= 11 is 0. The number of aromatic nitrogens is 1. The number of ether oxygens (including phenoxy) is 1. The minimum atomic E-state index is -0.487. The topological polar surface area (TPSA) is 45.7 Å². The number of pyridine rings is 1. The van der Waals surface area contributed by atoms with Crippen LogP contribution in [0.3, 0.4) is 0 Å². The Balaban J connectivity index is 1.55. The first kappa shape index (κ1) is 18.2. The summed E-state index contributed by atoms with van der Waals surface area (Å²) in [5, 5.41) is 0. The van der Waals surface area contributed by atoms with E-state index >= 15 is 0 Å². The van der Waals surface area contributed by atoms with Gasteiger partial charge < -0.3 is 14.5 Å². The minimum absolute atomic E-state index is 0.0422. The Hall–Kier alpha value is -2.56. The van der Waals surface area contributed by atoms with Gasteiger partial charge in [-0.1, -0.05) is 32.0 Å². The third-order valence-corrected chi connectivity index (χ3v) is 4.75. The zero-order valence-electron chi connectivity index (χ0n) is 15.8. The van der Waals surface area contributed by atoms with E-state index in [2.05, 4.69) is 29.8 Å².